The van der Waals surface area contributed by atoms with Crippen LogP contribution in [-0.2, 0) is 14.3 Å². The fourth-order valence-corrected chi connectivity index (χ4v) is 3.25. The number of cyclic esters (lactones) is 1. The predicted molar refractivity (Wildman–Crippen MR) is 71.3 cm³/mol. The SMILES string of the molecule is CC(C)[C@@H]1CC[C@@H](C)CC1O[C@@H]1OC(=O)[C@@H](O)[C@H]1C. The molecule has 2 aliphatic rings. The minimum atomic E-state index is -1.04. The number of aliphatic hydroxyl groups excluding tert-OH is 1. The van der Waals surface area contributed by atoms with Crippen LogP contribution in [0, 0.1) is 23.7 Å². The van der Waals surface area contributed by atoms with Crippen molar-refractivity contribution in [1.82, 2.24) is 0 Å². The highest BCUT2D eigenvalue weighted by Crippen LogP contribution is 2.37. The van der Waals surface area contributed by atoms with Crippen LogP contribution >= 0.6 is 0 Å². The van der Waals surface area contributed by atoms with Crippen LogP contribution in [0.3, 0.4) is 0 Å². The molecule has 1 unspecified atom stereocenters. The van der Waals surface area contributed by atoms with Crippen LogP contribution in [0.5, 0.6) is 0 Å². The number of rotatable bonds is 3. The molecular weight excluding hydrogens is 244 g/mol. The van der Waals surface area contributed by atoms with Crippen LogP contribution in [-0.4, -0.2) is 29.6 Å². The molecule has 1 saturated carbocycles. The molecule has 0 amide bonds. The van der Waals surface area contributed by atoms with E-state index in [1.807, 2.05) is 0 Å². The van der Waals surface area contributed by atoms with Gasteiger partial charge < -0.3 is 14.6 Å². The molecule has 19 heavy (non-hydrogen) atoms. The van der Waals surface area contributed by atoms with E-state index in [0.717, 1.165) is 6.42 Å². The molecule has 1 aliphatic heterocycles. The van der Waals surface area contributed by atoms with E-state index in [9.17, 15) is 9.90 Å². The van der Waals surface area contributed by atoms with E-state index in [2.05, 4.69) is 20.8 Å². The molecule has 4 nitrogen and oxygen atoms in total. The van der Waals surface area contributed by atoms with E-state index in [1.165, 1.54) is 12.8 Å². The summed E-state index contributed by atoms with van der Waals surface area (Å²) in [4.78, 5) is 11.4. The first-order chi connectivity index (χ1) is 8.90. The van der Waals surface area contributed by atoms with Gasteiger partial charge in [0.15, 0.2) is 6.10 Å². The van der Waals surface area contributed by atoms with Gasteiger partial charge in [-0.05, 0) is 30.6 Å². The Morgan fingerprint density at radius 2 is 2.00 bits per heavy atom. The molecule has 1 saturated heterocycles. The zero-order valence-electron chi connectivity index (χ0n) is 12.3. The van der Waals surface area contributed by atoms with E-state index < -0.39 is 18.4 Å². The van der Waals surface area contributed by atoms with Crippen molar-refractivity contribution in [3.05, 3.63) is 0 Å². The minimum absolute atomic E-state index is 0.134. The van der Waals surface area contributed by atoms with Gasteiger partial charge in [-0.15, -0.1) is 0 Å². The number of esters is 1. The lowest BCUT2D eigenvalue weighted by atomic mass is 9.75. The van der Waals surface area contributed by atoms with E-state index in [4.69, 9.17) is 9.47 Å². The number of carbonyl (C=O) groups is 1. The summed E-state index contributed by atoms with van der Waals surface area (Å²) in [6.45, 7) is 8.48. The average molecular weight is 270 g/mol. The number of hydrogen-bond acceptors (Lipinski definition) is 4. The first-order valence-corrected chi connectivity index (χ1v) is 7.44. The highest BCUT2D eigenvalue weighted by atomic mass is 16.7. The Hall–Kier alpha value is -0.610. The highest BCUT2D eigenvalue weighted by molar-refractivity contribution is 5.76. The van der Waals surface area contributed by atoms with Gasteiger partial charge in [-0.25, -0.2) is 4.79 Å². The van der Waals surface area contributed by atoms with Gasteiger partial charge in [-0.1, -0.05) is 34.1 Å². The third kappa shape index (κ3) is 3.11. The van der Waals surface area contributed by atoms with Gasteiger partial charge in [0.2, 0.25) is 6.29 Å². The van der Waals surface area contributed by atoms with Gasteiger partial charge in [-0.3, -0.25) is 0 Å². The Bertz CT molecular complexity index is 328. The van der Waals surface area contributed by atoms with Crippen LogP contribution in [0.4, 0.5) is 0 Å². The Morgan fingerprint density at radius 1 is 1.32 bits per heavy atom. The molecule has 0 aromatic rings. The highest BCUT2D eigenvalue weighted by Gasteiger charge is 2.44. The number of aliphatic hydroxyl groups is 1. The Balaban J connectivity index is 2.01. The quantitative estimate of drug-likeness (QED) is 0.800. The maximum Gasteiger partial charge on any atom is 0.337 e. The normalized spacial score (nSPS) is 43.6. The minimum Gasteiger partial charge on any atom is -0.433 e. The van der Waals surface area contributed by atoms with Gasteiger partial charge in [0.25, 0.3) is 0 Å². The molecule has 2 fully saturated rings. The zero-order valence-corrected chi connectivity index (χ0v) is 12.3. The second-order valence-corrected chi connectivity index (χ2v) is 6.61. The first kappa shape index (κ1) is 14.8. The van der Waals surface area contributed by atoms with Crippen LogP contribution in [0.2, 0.25) is 0 Å². The van der Waals surface area contributed by atoms with Crippen molar-refractivity contribution in [3.63, 3.8) is 0 Å². The van der Waals surface area contributed by atoms with E-state index in [-0.39, 0.29) is 12.0 Å². The Morgan fingerprint density at radius 3 is 2.53 bits per heavy atom. The van der Waals surface area contributed by atoms with Crippen molar-refractivity contribution in [3.8, 4) is 0 Å². The molecule has 0 spiro atoms. The summed E-state index contributed by atoms with van der Waals surface area (Å²) in [6, 6.07) is 0. The molecule has 1 N–H and O–H groups in total. The molecule has 4 heteroatoms. The number of ether oxygens (including phenoxy) is 2. The topological polar surface area (TPSA) is 55.8 Å². The summed E-state index contributed by atoms with van der Waals surface area (Å²) in [5.74, 6) is 0.895. The molecule has 1 aliphatic carbocycles. The fourth-order valence-electron chi connectivity index (χ4n) is 3.25. The van der Waals surface area contributed by atoms with Crippen molar-refractivity contribution in [2.24, 2.45) is 23.7 Å². The third-order valence-corrected chi connectivity index (χ3v) is 4.67. The molecule has 0 radical (unpaired) electrons. The summed E-state index contributed by atoms with van der Waals surface area (Å²) >= 11 is 0. The summed E-state index contributed by atoms with van der Waals surface area (Å²) < 4.78 is 11.2. The molecule has 2 rings (SSSR count). The van der Waals surface area contributed by atoms with Crippen molar-refractivity contribution < 1.29 is 19.4 Å². The van der Waals surface area contributed by atoms with Gasteiger partial charge >= 0.3 is 5.97 Å². The van der Waals surface area contributed by atoms with Crippen LogP contribution in [0.1, 0.15) is 47.0 Å². The first-order valence-electron chi connectivity index (χ1n) is 7.44. The lowest BCUT2D eigenvalue weighted by Gasteiger charge is -2.38. The van der Waals surface area contributed by atoms with Gasteiger partial charge in [0, 0.05) is 0 Å². The lowest BCUT2D eigenvalue weighted by molar-refractivity contribution is -0.194. The molecule has 6 atom stereocenters. The van der Waals surface area contributed by atoms with Crippen molar-refractivity contribution in [2.45, 2.75) is 65.5 Å². The van der Waals surface area contributed by atoms with Crippen LogP contribution < -0.4 is 0 Å². The maximum atomic E-state index is 11.4. The molecule has 0 bridgehead atoms. The lowest BCUT2D eigenvalue weighted by Crippen LogP contribution is -2.38. The van der Waals surface area contributed by atoms with Gasteiger partial charge in [0.05, 0.1) is 12.0 Å². The Kier molecular flexibility index (Phi) is 4.51. The maximum absolute atomic E-state index is 11.4. The average Bonchev–Trinajstić information content (AvgIpc) is 2.57. The van der Waals surface area contributed by atoms with Gasteiger partial charge in [-0.2, -0.15) is 0 Å². The zero-order chi connectivity index (χ0) is 14.2. The molecule has 1 heterocycles. The van der Waals surface area contributed by atoms with E-state index in [1.54, 1.807) is 6.92 Å². The van der Waals surface area contributed by atoms with E-state index >= 15 is 0 Å². The fraction of sp³-hybridized carbons (Fsp3) is 0.933. The van der Waals surface area contributed by atoms with Crippen LogP contribution in [0.25, 0.3) is 0 Å². The summed E-state index contributed by atoms with van der Waals surface area (Å²) in [6.07, 6.45) is 1.93. The van der Waals surface area contributed by atoms with Gasteiger partial charge in [0.1, 0.15) is 0 Å². The standard InChI is InChI=1S/C15H26O4/c1-8(2)11-6-5-9(3)7-12(11)18-15-10(4)13(16)14(17)19-15/h8-13,15-16H,5-7H2,1-4H3/t9-,10-,11+,12?,13+,15-/m1/s1. The largest absolute Gasteiger partial charge is 0.433 e. The predicted octanol–water partition coefficient (Wildman–Crippen LogP) is 2.34. The monoisotopic (exact) mass is 270 g/mol. The smallest absolute Gasteiger partial charge is 0.337 e. The number of hydrogen-bond donors (Lipinski definition) is 1. The number of carbonyl (C=O) groups excluding carboxylic acids is 1. The van der Waals surface area contributed by atoms with Crippen molar-refractivity contribution >= 4 is 5.97 Å². The molecular formula is C15H26O4. The third-order valence-electron chi connectivity index (χ3n) is 4.67. The van der Waals surface area contributed by atoms with Crippen LogP contribution in [0.15, 0.2) is 0 Å². The molecule has 0 aromatic carbocycles. The molecule has 0 aromatic heterocycles. The van der Waals surface area contributed by atoms with E-state index in [0.29, 0.717) is 17.8 Å². The summed E-state index contributed by atoms with van der Waals surface area (Å²) in [5.41, 5.74) is 0. The van der Waals surface area contributed by atoms with Crippen molar-refractivity contribution in [2.75, 3.05) is 0 Å². The summed E-state index contributed by atoms with van der Waals surface area (Å²) in [5, 5.41) is 9.64. The Labute approximate surface area is 115 Å². The summed E-state index contributed by atoms with van der Waals surface area (Å²) in [7, 11) is 0. The molecule has 110 valence electrons. The second kappa shape index (κ2) is 5.80. The second-order valence-electron chi connectivity index (χ2n) is 6.61. The van der Waals surface area contributed by atoms with Crippen molar-refractivity contribution in [1.29, 1.82) is 0 Å².